The Morgan fingerprint density at radius 3 is 2.66 bits per heavy atom. The Morgan fingerprint density at radius 2 is 1.88 bits per heavy atom. The van der Waals surface area contributed by atoms with E-state index < -0.39 is 5.63 Å². The average molecular weight is 424 g/mol. The Bertz CT molecular complexity index is 1490. The van der Waals surface area contributed by atoms with E-state index in [0.29, 0.717) is 22.4 Å². The Kier molecular flexibility index (Phi) is 5.03. The summed E-state index contributed by atoms with van der Waals surface area (Å²) < 4.78 is 11.3. The highest BCUT2D eigenvalue weighted by molar-refractivity contribution is 6.02. The highest BCUT2D eigenvalue weighted by Gasteiger charge is 2.16. The summed E-state index contributed by atoms with van der Waals surface area (Å²) in [7, 11) is 0. The molecular formula is C26H20N2O4. The highest BCUT2D eigenvalue weighted by Crippen LogP contribution is 2.34. The van der Waals surface area contributed by atoms with Crippen molar-refractivity contribution < 1.29 is 13.6 Å². The number of pyridine rings is 1. The molecular weight excluding hydrogens is 404 g/mol. The van der Waals surface area contributed by atoms with Crippen LogP contribution in [0.1, 0.15) is 17.5 Å². The molecule has 0 radical (unpaired) electrons. The van der Waals surface area contributed by atoms with Gasteiger partial charge >= 0.3 is 5.63 Å². The van der Waals surface area contributed by atoms with E-state index in [2.05, 4.69) is 10.3 Å². The molecule has 0 saturated heterocycles. The molecule has 1 N–H and O–H groups in total. The largest absolute Gasteiger partial charge is 0.464 e. The van der Waals surface area contributed by atoms with E-state index in [-0.39, 0.29) is 18.7 Å². The van der Waals surface area contributed by atoms with Gasteiger partial charge in [0.05, 0.1) is 18.1 Å². The van der Waals surface area contributed by atoms with Crippen molar-refractivity contribution in [2.45, 2.75) is 19.8 Å². The van der Waals surface area contributed by atoms with Crippen LogP contribution in [0.4, 0.5) is 5.69 Å². The maximum atomic E-state index is 12.6. The number of aromatic nitrogens is 1. The molecule has 0 fully saturated rings. The monoisotopic (exact) mass is 424 g/mol. The van der Waals surface area contributed by atoms with Gasteiger partial charge in [0.15, 0.2) is 0 Å². The lowest BCUT2D eigenvalue weighted by atomic mass is 9.99. The minimum atomic E-state index is -0.432. The maximum Gasteiger partial charge on any atom is 0.339 e. The predicted octanol–water partition coefficient (Wildman–Crippen LogP) is 5.48. The number of hydrogen-bond acceptors (Lipinski definition) is 5. The minimum Gasteiger partial charge on any atom is -0.464 e. The van der Waals surface area contributed by atoms with Crippen LogP contribution in [0.5, 0.6) is 0 Å². The van der Waals surface area contributed by atoms with Gasteiger partial charge in [-0.1, -0.05) is 30.3 Å². The lowest BCUT2D eigenvalue weighted by molar-refractivity contribution is -0.116. The van der Waals surface area contributed by atoms with Crippen molar-refractivity contribution in [3.8, 4) is 11.1 Å². The van der Waals surface area contributed by atoms with Crippen molar-refractivity contribution in [1.29, 1.82) is 0 Å². The molecule has 32 heavy (non-hydrogen) atoms. The minimum absolute atomic E-state index is 0.162. The lowest BCUT2D eigenvalue weighted by Gasteiger charge is -2.09. The first-order valence-electron chi connectivity index (χ1n) is 10.3. The van der Waals surface area contributed by atoms with Gasteiger partial charge in [-0.3, -0.25) is 9.78 Å². The van der Waals surface area contributed by atoms with Gasteiger partial charge in [0.1, 0.15) is 11.2 Å². The summed E-state index contributed by atoms with van der Waals surface area (Å²) in [6.07, 6.45) is 5.38. The second-order valence-corrected chi connectivity index (χ2v) is 7.64. The summed E-state index contributed by atoms with van der Waals surface area (Å²) in [5, 5.41) is 4.57. The number of carbonyl (C=O) groups excluding carboxylic acids is 1. The van der Waals surface area contributed by atoms with Crippen molar-refractivity contribution in [3.05, 3.63) is 94.8 Å². The number of fused-ring (bicyclic) bond motifs is 2. The summed E-state index contributed by atoms with van der Waals surface area (Å²) in [5.74, 6) is -0.187. The molecule has 0 aliphatic heterocycles. The first kappa shape index (κ1) is 19.8. The number of aryl methyl sites for hydroxylation is 1. The van der Waals surface area contributed by atoms with Gasteiger partial charge in [0, 0.05) is 40.6 Å². The Morgan fingerprint density at radius 1 is 1.03 bits per heavy atom. The van der Waals surface area contributed by atoms with Gasteiger partial charge in [-0.2, -0.15) is 0 Å². The highest BCUT2D eigenvalue weighted by atomic mass is 16.4. The van der Waals surface area contributed by atoms with E-state index in [1.54, 1.807) is 36.9 Å². The first-order chi connectivity index (χ1) is 15.6. The van der Waals surface area contributed by atoms with Crippen LogP contribution < -0.4 is 10.9 Å². The maximum absolute atomic E-state index is 12.6. The van der Waals surface area contributed by atoms with E-state index >= 15 is 0 Å². The Balaban J connectivity index is 1.49. The quantitative estimate of drug-likeness (QED) is 0.378. The van der Waals surface area contributed by atoms with Crippen LogP contribution in [0.3, 0.4) is 0 Å². The van der Waals surface area contributed by atoms with E-state index in [4.69, 9.17) is 8.83 Å². The molecule has 3 heterocycles. The zero-order chi connectivity index (χ0) is 22.1. The molecule has 0 spiro atoms. The molecule has 5 aromatic rings. The third-order valence-corrected chi connectivity index (χ3v) is 5.61. The molecule has 0 atom stereocenters. The number of nitrogens with one attached hydrogen (secondary N) is 1. The van der Waals surface area contributed by atoms with Gasteiger partial charge in [-0.15, -0.1) is 0 Å². The predicted molar refractivity (Wildman–Crippen MR) is 124 cm³/mol. The third-order valence-electron chi connectivity index (χ3n) is 5.61. The van der Waals surface area contributed by atoms with Gasteiger partial charge < -0.3 is 14.2 Å². The zero-order valence-electron chi connectivity index (χ0n) is 17.4. The lowest BCUT2D eigenvalue weighted by Crippen LogP contribution is -2.16. The fourth-order valence-corrected chi connectivity index (χ4v) is 3.94. The van der Waals surface area contributed by atoms with Crippen molar-refractivity contribution >= 4 is 33.5 Å². The topological polar surface area (TPSA) is 85.3 Å². The molecule has 6 nitrogen and oxygen atoms in total. The van der Waals surface area contributed by atoms with Crippen LogP contribution in [0.15, 0.2) is 86.9 Å². The molecule has 158 valence electrons. The van der Waals surface area contributed by atoms with Crippen LogP contribution in [-0.2, 0) is 11.2 Å². The van der Waals surface area contributed by atoms with E-state index in [1.807, 2.05) is 43.3 Å². The van der Waals surface area contributed by atoms with E-state index in [9.17, 15) is 9.59 Å². The van der Waals surface area contributed by atoms with Crippen molar-refractivity contribution in [2.75, 3.05) is 5.32 Å². The SMILES string of the molecule is Cc1c(CCC(=O)Nc2cccnc2)c(=O)oc2cc3occ(-c4ccccc4)c3cc12. The summed E-state index contributed by atoms with van der Waals surface area (Å²) in [4.78, 5) is 29.0. The molecule has 0 bridgehead atoms. The molecule has 6 heteroatoms. The molecule has 3 aromatic heterocycles. The van der Waals surface area contributed by atoms with Crippen LogP contribution in [0, 0.1) is 6.92 Å². The normalized spacial score (nSPS) is 11.2. The molecule has 5 rings (SSSR count). The summed E-state index contributed by atoms with van der Waals surface area (Å²) in [6.45, 7) is 1.89. The summed E-state index contributed by atoms with van der Waals surface area (Å²) in [6, 6.07) is 17.2. The third kappa shape index (κ3) is 3.67. The number of anilines is 1. The number of nitrogens with zero attached hydrogens (tertiary/aromatic N) is 1. The Hall–Kier alpha value is -4.19. The number of amides is 1. The van der Waals surface area contributed by atoms with E-state index in [1.165, 1.54) is 0 Å². The van der Waals surface area contributed by atoms with Crippen LogP contribution in [0.25, 0.3) is 33.1 Å². The van der Waals surface area contributed by atoms with E-state index in [0.717, 1.165) is 27.5 Å². The fourth-order valence-electron chi connectivity index (χ4n) is 3.94. The Labute approximate surface area is 183 Å². The summed E-state index contributed by atoms with van der Waals surface area (Å²) in [5.41, 5.74) is 4.66. The van der Waals surface area contributed by atoms with Crippen LogP contribution >= 0.6 is 0 Å². The second kappa shape index (κ2) is 8.15. The molecule has 0 saturated carbocycles. The average Bonchev–Trinajstić information content (AvgIpc) is 3.22. The van der Waals surface area contributed by atoms with Crippen LogP contribution in [-0.4, -0.2) is 10.9 Å². The van der Waals surface area contributed by atoms with Crippen LogP contribution in [0.2, 0.25) is 0 Å². The number of benzene rings is 2. The zero-order valence-corrected chi connectivity index (χ0v) is 17.4. The number of furan rings is 1. The number of rotatable bonds is 5. The second-order valence-electron chi connectivity index (χ2n) is 7.64. The van der Waals surface area contributed by atoms with Crippen molar-refractivity contribution in [3.63, 3.8) is 0 Å². The molecule has 0 aliphatic rings. The molecule has 0 aliphatic carbocycles. The smallest absolute Gasteiger partial charge is 0.339 e. The fraction of sp³-hybridized carbons (Fsp3) is 0.115. The van der Waals surface area contributed by atoms with Crippen molar-refractivity contribution in [2.24, 2.45) is 0 Å². The van der Waals surface area contributed by atoms with Gasteiger partial charge in [-0.05, 0) is 42.7 Å². The van der Waals surface area contributed by atoms with Gasteiger partial charge in [0.25, 0.3) is 0 Å². The van der Waals surface area contributed by atoms with Gasteiger partial charge in [0.2, 0.25) is 5.91 Å². The number of hydrogen-bond donors (Lipinski definition) is 1. The number of carbonyl (C=O) groups is 1. The molecule has 1 amide bonds. The van der Waals surface area contributed by atoms with Crippen molar-refractivity contribution in [1.82, 2.24) is 4.98 Å². The first-order valence-corrected chi connectivity index (χ1v) is 10.3. The molecule has 0 unspecified atom stereocenters. The standard InChI is InChI=1S/C26H20N2O4/c1-16-19(9-10-25(29)28-18-8-5-11-27-14-18)26(30)32-24-13-23-21(12-20(16)24)22(15-31-23)17-6-3-2-4-7-17/h2-8,11-15H,9-10H2,1H3,(H,28,29). The van der Waals surface area contributed by atoms with Gasteiger partial charge in [-0.25, -0.2) is 4.79 Å². The summed E-state index contributed by atoms with van der Waals surface area (Å²) >= 11 is 0. The molecule has 2 aromatic carbocycles.